The van der Waals surface area contributed by atoms with E-state index < -0.39 is 8.07 Å². The van der Waals surface area contributed by atoms with E-state index in [1.807, 2.05) is 30.3 Å². The second-order valence-electron chi connectivity index (χ2n) is 6.38. The van der Waals surface area contributed by atoms with Crippen molar-refractivity contribution in [1.82, 2.24) is 0 Å². The summed E-state index contributed by atoms with van der Waals surface area (Å²) < 4.78 is 0. The summed E-state index contributed by atoms with van der Waals surface area (Å²) in [4.78, 5) is 18.1. The van der Waals surface area contributed by atoms with Gasteiger partial charge in [-0.3, -0.25) is 0 Å². The number of benzene rings is 1. The second kappa shape index (κ2) is 5.91. The summed E-state index contributed by atoms with van der Waals surface area (Å²) in [6.45, 7) is 8.35. The molecular formula is C16H23NO2Si. The molecule has 0 amide bonds. The van der Waals surface area contributed by atoms with Crippen LogP contribution in [0.1, 0.15) is 25.3 Å². The maximum atomic E-state index is 12.6. The summed E-state index contributed by atoms with van der Waals surface area (Å²) in [7, 11) is -1.86. The van der Waals surface area contributed by atoms with E-state index in [2.05, 4.69) is 31.7 Å². The molecule has 0 aromatic heterocycles. The molecular weight excluding hydrogens is 266 g/mol. The van der Waals surface area contributed by atoms with Crippen LogP contribution in [0.25, 0.3) is 0 Å². The van der Waals surface area contributed by atoms with Gasteiger partial charge in [0.25, 0.3) is 0 Å². The number of hydrogen-bond donors (Lipinski definition) is 0. The average Bonchev–Trinajstić information content (AvgIpc) is 2.82. The zero-order chi connectivity index (χ0) is 14.8. The lowest BCUT2D eigenvalue weighted by molar-refractivity contribution is -0.123. The molecule has 20 heavy (non-hydrogen) atoms. The molecule has 1 aromatic rings. The van der Waals surface area contributed by atoms with Gasteiger partial charge in [-0.2, -0.15) is 0 Å². The minimum Gasteiger partial charge on any atom is -0.384 e. The Kier molecular flexibility index (Phi) is 4.43. The van der Waals surface area contributed by atoms with Gasteiger partial charge in [0.15, 0.2) is 11.5 Å². The van der Waals surface area contributed by atoms with Crippen LogP contribution in [0, 0.1) is 5.92 Å². The first-order valence-electron chi connectivity index (χ1n) is 7.28. The van der Waals surface area contributed by atoms with Crippen molar-refractivity contribution in [2.24, 2.45) is 11.1 Å². The molecule has 2 rings (SSSR count). The lowest BCUT2D eigenvalue weighted by Crippen LogP contribution is -2.45. The van der Waals surface area contributed by atoms with Gasteiger partial charge in [-0.05, 0) is 12.0 Å². The molecule has 0 saturated carbocycles. The standard InChI is InChI=1S/C16H23NO2Si/c1-5-9-13-14(12-10-7-6-8-11-12)17-19-15(13)16(18)20(2,3)4/h6-8,10-11,13,15H,5,9H2,1-4H3/t13-,15+/m0/s1. The quantitative estimate of drug-likeness (QED) is 0.776. The number of nitrogens with zero attached hydrogens (tertiary/aromatic N) is 1. The highest BCUT2D eigenvalue weighted by atomic mass is 28.3. The summed E-state index contributed by atoms with van der Waals surface area (Å²) in [6, 6.07) is 10.0. The van der Waals surface area contributed by atoms with E-state index in [0.717, 1.165) is 24.1 Å². The highest BCUT2D eigenvalue weighted by Crippen LogP contribution is 2.29. The molecule has 0 saturated heterocycles. The van der Waals surface area contributed by atoms with Gasteiger partial charge in [-0.1, -0.05) is 68.5 Å². The van der Waals surface area contributed by atoms with Gasteiger partial charge in [-0.15, -0.1) is 0 Å². The second-order valence-corrected chi connectivity index (χ2v) is 11.4. The molecule has 1 heterocycles. The van der Waals surface area contributed by atoms with Crippen LogP contribution in [0.4, 0.5) is 0 Å². The van der Waals surface area contributed by atoms with Crippen molar-refractivity contribution in [1.29, 1.82) is 0 Å². The molecule has 0 unspecified atom stereocenters. The Morgan fingerprint density at radius 1 is 1.25 bits per heavy atom. The van der Waals surface area contributed by atoms with Gasteiger partial charge in [0.2, 0.25) is 0 Å². The molecule has 0 radical (unpaired) electrons. The molecule has 0 spiro atoms. The summed E-state index contributed by atoms with van der Waals surface area (Å²) in [5.41, 5.74) is 2.00. The third-order valence-corrected chi connectivity index (χ3v) is 5.41. The van der Waals surface area contributed by atoms with Gasteiger partial charge in [0, 0.05) is 0 Å². The molecule has 4 heteroatoms. The van der Waals surface area contributed by atoms with Crippen LogP contribution in [0.3, 0.4) is 0 Å². The SMILES string of the molecule is CCC[C@H]1C(c2ccccc2)=NO[C@H]1C(=O)[Si](C)(C)C. The summed E-state index contributed by atoms with van der Waals surface area (Å²) in [5.74, 6) is 0.0987. The zero-order valence-electron chi connectivity index (χ0n) is 12.7. The van der Waals surface area contributed by atoms with Crippen molar-refractivity contribution in [3.8, 4) is 0 Å². The van der Waals surface area contributed by atoms with Gasteiger partial charge < -0.3 is 9.63 Å². The Balaban J connectivity index is 2.27. The number of carbonyl (C=O) groups excluding carboxylic acids is 1. The normalized spacial score (nSPS) is 22.3. The van der Waals surface area contributed by atoms with E-state index in [1.54, 1.807) is 0 Å². The minimum atomic E-state index is -1.86. The van der Waals surface area contributed by atoms with Gasteiger partial charge in [0.1, 0.15) is 8.07 Å². The fourth-order valence-electron chi connectivity index (χ4n) is 2.53. The first-order valence-corrected chi connectivity index (χ1v) is 10.8. The Morgan fingerprint density at radius 2 is 1.90 bits per heavy atom. The molecule has 1 aliphatic rings. The van der Waals surface area contributed by atoms with Crippen LogP contribution in [0.15, 0.2) is 35.5 Å². The van der Waals surface area contributed by atoms with Gasteiger partial charge in [0.05, 0.1) is 11.6 Å². The Bertz CT molecular complexity index is 505. The van der Waals surface area contributed by atoms with E-state index in [1.165, 1.54) is 0 Å². The number of rotatable bonds is 5. The van der Waals surface area contributed by atoms with Crippen LogP contribution in [0.5, 0.6) is 0 Å². The minimum absolute atomic E-state index is 0.0987. The largest absolute Gasteiger partial charge is 0.384 e. The number of carbonyl (C=O) groups is 1. The van der Waals surface area contributed by atoms with Crippen LogP contribution < -0.4 is 0 Å². The van der Waals surface area contributed by atoms with E-state index in [-0.39, 0.29) is 17.4 Å². The maximum Gasteiger partial charge on any atom is 0.189 e. The molecule has 108 valence electrons. The summed E-state index contributed by atoms with van der Waals surface area (Å²) >= 11 is 0. The lowest BCUT2D eigenvalue weighted by Gasteiger charge is -2.23. The Hall–Kier alpha value is -1.42. The van der Waals surface area contributed by atoms with Crippen molar-refractivity contribution >= 4 is 19.2 Å². The highest BCUT2D eigenvalue weighted by Gasteiger charge is 2.43. The third kappa shape index (κ3) is 3.01. The van der Waals surface area contributed by atoms with Crippen molar-refractivity contribution in [3.63, 3.8) is 0 Å². The number of hydrogen-bond acceptors (Lipinski definition) is 3. The van der Waals surface area contributed by atoms with E-state index >= 15 is 0 Å². The molecule has 0 fully saturated rings. The fraction of sp³-hybridized carbons (Fsp3) is 0.500. The van der Waals surface area contributed by atoms with Gasteiger partial charge >= 0.3 is 0 Å². The van der Waals surface area contributed by atoms with Crippen molar-refractivity contribution in [2.45, 2.75) is 45.5 Å². The Morgan fingerprint density at radius 3 is 2.45 bits per heavy atom. The predicted octanol–water partition coefficient (Wildman–Crippen LogP) is 3.65. The van der Waals surface area contributed by atoms with Gasteiger partial charge in [-0.25, -0.2) is 0 Å². The topological polar surface area (TPSA) is 38.7 Å². The summed E-state index contributed by atoms with van der Waals surface area (Å²) in [6.07, 6.45) is 1.58. The third-order valence-electron chi connectivity index (χ3n) is 3.65. The van der Waals surface area contributed by atoms with Crippen molar-refractivity contribution in [2.75, 3.05) is 0 Å². The smallest absolute Gasteiger partial charge is 0.189 e. The van der Waals surface area contributed by atoms with Crippen LogP contribution in [-0.2, 0) is 9.63 Å². The molecule has 1 aromatic carbocycles. The molecule has 0 aliphatic carbocycles. The van der Waals surface area contributed by atoms with E-state index in [0.29, 0.717) is 0 Å². The Labute approximate surface area is 122 Å². The van der Waals surface area contributed by atoms with E-state index in [9.17, 15) is 4.79 Å². The maximum absolute atomic E-state index is 12.6. The van der Waals surface area contributed by atoms with E-state index in [4.69, 9.17) is 4.84 Å². The van der Waals surface area contributed by atoms with Crippen LogP contribution in [0.2, 0.25) is 19.6 Å². The van der Waals surface area contributed by atoms with Crippen molar-refractivity contribution < 1.29 is 9.63 Å². The first kappa shape index (κ1) is 15.0. The zero-order valence-corrected chi connectivity index (χ0v) is 13.7. The average molecular weight is 289 g/mol. The molecule has 1 aliphatic heterocycles. The summed E-state index contributed by atoms with van der Waals surface area (Å²) in [5, 5.41) is 4.51. The van der Waals surface area contributed by atoms with Crippen molar-refractivity contribution in [3.05, 3.63) is 35.9 Å². The highest BCUT2D eigenvalue weighted by molar-refractivity contribution is 7.04. The monoisotopic (exact) mass is 289 g/mol. The fourth-order valence-corrected chi connectivity index (χ4v) is 3.64. The molecule has 2 atom stereocenters. The number of oxime groups is 1. The molecule has 3 nitrogen and oxygen atoms in total. The lowest BCUT2D eigenvalue weighted by atomic mass is 9.89. The molecule has 0 bridgehead atoms. The predicted molar refractivity (Wildman–Crippen MR) is 84.6 cm³/mol. The van der Waals surface area contributed by atoms with Crippen LogP contribution in [-0.4, -0.2) is 25.3 Å². The molecule has 0 N–H and O–H groups in total. The first-order chi connectivity index (χ1) is 9.45. The van der Waals surface area contributed by atoms with Crippen LogP contribution >= 0.6 is 0 Å².